The minimum Gasteiger partial charge on any atom is -0.503 e. The van der Waals surface area contributed by atoms with Crippen LogP contribution in [0.4, 0.5) is 5.13 Å². The zero-order chi connectivity index (χ0) is 31.9. The molecule has 7 nitrogen and oxygen atoms in total. The van der Waals surface area contributed by atoms with Crippen molar-refractivity contribution in [2.75, 3.05) is 11.5 Å². The Morgan fingerprint density at radius 1 is 0.957 bits per heavy atom. The van der Waals surface area contributed by atoms with Crippen molar-refractivity contribution in [3.8, 4) is 5.75 Å². The summed E-state index contributed by atoms with van der Waals surface area (Å²) >= 11 is 2.78. The van der Waals surface area contributed by atoms with Crippen molar-refractivity contribution in [1.29, 1.82) is 0 Å². The number of unbranched alkanes of at least 4 members (excludes halogenated alkanes) is 2. The van der Waals surface area contributed by atoms with Gasteiger partial charge in [0.2, 0.25) is 5.13 Å². The number of ether oxygens (including phenoxy) is 1. The van der Waals surface area contributed by atoms with Crippen LogP contribution >= 0.6 is 23.1 Å². The summed E-state index contributed by atoms with van der Waals surface area (Å²) in [6.07, 6.45) is 6.22. The summed E-state index contributed by atoms with van der Waals surface area (Å²) in [7, 11) is 0. The fourth-order valence-electron chi connectivity index (χ4n) is 5.40. The van der Waals surface area contributed by atoms with Crippen LogP contribution in [0, 0.1) is 0 Å². The smallest absolute Gasteiger partial charge is 0.296 e. The molecule has 232 valence electrons. The number of benzene rings is 4. The summed E-state index contributed by atoms with van der Waals surface area (Å²) in [6.45, 7) is 2.75. The molecule has 1 amide bonds. The van der Waals surface area contributed by atoms with Crippen LogP contribution in [0.25, 0.3) is 16.8 Å². The zero-order valence-corrected chi connectivity index (χ0v) is 27.0. The van der Waals surface area contributed by atoms with Crippen molar-refractivity contribution in [2.24, 2.45) is 0 Å². The van der Waals surface area contributed by atoms with Crippen LogP contribution in [0.1, 0.15) is 48.9 Å². The summed E-state index contributed by atoms with van der Waals surface area (Å²) < 4.78 is 6.57. The summed E-state index contributed by atoms with van der Waals surface area (Å²) in [5.74, 6) is -0.373. The number of carbonyl (C=O) groups is 2. The number of amides is 1. The van der Waals surface area contributed by atoms with Crippen LogP contribution in [0.15, 0.2) is 119 Å². The molecular weight excluding hydrogens is 615 g/mol. The number of thioether (sulfide) groups is 1. The Labute approximate surface area is 276 Å². The van der Waals surface area contributed by atoms with E-state index in [1.54, 1.807) is 6.08 Å². The van der Waals surface area contributed by atoms with E-state index < -0.39 is 23.5 Å². The van der Waals surface area contributed by atoms with Crippen LogP contribution < -0.4 is 9.64 Å². The first-order valence-electron chi connectivity index (χ1n) is 15.2. The van der Waals surface area contributed by atoms with Gasteiger partial charge in [-0.1, -0.05) is 134 Å². The van der Waals surface area contributed by atoms with Gasteiger partial charge in [0.05, 0.1) is 18.2 Å². The van der Waals surface area contributed by atoms with E-state index in [0.29, 0.717) is 33.1 Å². The predicted octanol–water partition coefficient (Wildman–Crippen LogP) is 8.74. The third-order valence-electron chi connectivity index (χ3n) is 7.75. The lowest BCUT2D eigenvalue weighted by Crippen LogP contribution is -2.30. The minimum absolute atomic E-state index is 0.00560. The van der Waals surface area contributed by atoms with E-state index >= 15 is 0 Å². The first kappa shape index (κ1) is 31.3. The maximum absolute atomic E-state index is 13.6. The van der Waals surface area contributed by atoms with Gasteiger partial charge in [0.1, 0.15) is 5.75 Å². The molecule has 0 fully saturated rings. The molecule has 4 aromatic carbocycles. The quantitative estimate of drug-likeness (QED) is 0.0591. The molecule has 0 radical (unpaired) electrons. The van der Waals surface area contributed by atoms with Gasteiger partial charge >= 0.3 is 0 Å². The number of hydrogen-bond donors (Lipinski definition) is 1. The Hall–Kier alpha value is -4.73. The molecule has 1 atom stereocenters. The number of rotatable bonds is 13. The van der Waals surface area contributed by atoms with Gasteiger partial charge in [-0.2, -0.15) is 0 Å². The number of anilines is 1. The Kier molecular flexibility index (Phi) is 9.91. The molecule has 6 rings (SSSR count). The molecular formula is C37H33N3O4S2. The maximum Gasteiger partial charge on any atom is 0.296 e. The topological polar surface area (TPSA) is 92.6 Å². The maximum atomic E-state index is 13.6. The van der Waals surface area contributed by atoms with Crippen molar-refractivity contribution in [3.05, 3.63) is 131 Å². The lowest BCUT2D eigenvalue weighted by molar-refractivity contribution is -0.117. The van der Waals surface area contributed by atoms with Gasteiger partial charge < -0.3 is 9.84 Å². The number of carbonyl (C=O) groups excluding carboxylic acids is 2. The van der Waals surface area contributed by atoms with E-state index in [1.165, 1.54) is 50.4 Å². The van der Waals surface area contributed by atoms with Crippen molar-refractivity contribution in [2.45, 2.75) is 42.3 Å². The monoisotopic (exact) mass is 647 g/mol. The molecule has 0 saturated carbocycles. The minimum atomic E-state index is -0.890. The van der Waals surface area contributed by atoms with Gasteiger partial charge in [-0.25, -0.2) is 0 Å². The SMILES string of the molecule is CCCCCOc1ccc(C2C(C(=O)/C=C/c3ccccc3)=C(O)C(=O)N2c2nnc(SCc3cccc4ccccc34)s2)cc1. The van der Waals surface area contributed by atoms with Gasteiger partial charge in [-0.05, 0) is 52.1 Å². The van der Waals surface area contributed by atoms with Crippen LogP contribution in [-0.2, 0) is 15.3 Å². The van der Waals surface area contributed by atoms with Gasteiger partial charge in [0.15, 0.2) is 15.9 Å². The Balaban J connectivity index is 1.28. The van der Waals surface area contributed by atoms with Gasteiger partial charge in [-0.3, -0.25) is 14.5 Å². The van der Waals surface area contributed by atoms with E-state index in [4.69, 9.17) is 4.74 Å². The van der Waals surface area contributed by atoms with E-state index in [0.717, 1.165) is 24.8 Å². The summed E-state index contributed by atoms with van der Waals surface area (Å²) in [4.78, 5) is 28.6. The standard InChI is InChI=1S/C37H33N3O4S2/c1-2-3-9-23-44-29-20-18-27(19-21-29)33-32(31(41)22-17-25-11-5-4-6-12-25)34(42)35(43)40(33)36-38-39-37(46-36)45-24-28-15-10-14-26-13-7-8-16-30(26)28/h4-8,10-22,33,42H,2-3,9,23-24H2,1H3/b22-17+. The first-order valence-corrected chi connectivity index (χ1v) is 17.0. The van der Waals surface area contributed by atoms with Crippen molar-refractivity contribution in [3.63, 3.8) is 0 Å². The average Bonchev–Trinajstić information content (AvgIpc) is 3.67. The highest BCUT2D eigenvalue weighted by Crippen LogP contribution is 2.43. The largest absolute Gasteiger partial charge is 0.503 e. The fourth-order valence-corrected chi connectivity index (χ4v) is 7.27. The summed E-state index contributed by atoms with van der Waals surface area (Å²) in [6, 6.07) is 30.3. The number of ketones is 1. The molecule has 2 heterocycles. The number of aliphatic hydroxyl groups excluding tert-OH is 1. The van der Waals surface area contributed by atoms with Gasteiger partial charge in [0.25, 0.3) is 5.91 Å². The van der Waals surface area contributed by atoms with Gasteiger partial charge in [0, 0.05) is 5.75 Å². The van der Waals surface area contributed by atoms with Crippen LogP contribution in [0.3, 0.4) is 0 Å². The number of hydrogen-bond acceptors (Lipinski definition) is 8. The second kappa shape index (κ2) is 14.6. The second-order valence-corrected chi connectivity index (χ2v) is 13.0. The first-order chi connectivity index (χ1) is 22.5. The average molecular weight is 648 g/mol. The lowest BCUT2D eigenvalue weighted by atomic mass is 9.95. The van der Waals surface area contributed by atoms with Crippen LogP contribution in [0.5, 0.6) is 5.75 Å². The fraction of sp³-hybridized carbons (Fsp3) is 0.189. The van der Waals surface area contributed by atoms with Crippen molar-refractivity contribution >= 4 is 56.8 Å². The molecule has 1 unspecified atom stereocenters. The third kappa shape index (κ3) is 6.90. The number of nitrogens with zero attached hydrogens (tertiary/aromatic N) is 3. The molecule has 46 heavy (non-hydrogen) atoms. The van der Waals surface area contributed by atoms with Crippen molar-refractivity contribution < 1.29 is 19.4 Å². The van der Waals surface area contributed by atoms with Crippen molar-refractivity contribution in [1.82, 2.24) is 10.2 Å². The van der Waals surface area contributed by atoms with Gasteiger partial charge in [-0.15, -0.1) is 10.2 Å². The Morgan fingerprint density at radius 2 is 1.72 bits per heavy atom. The molecule has 0 spiro atoms. The molecule has 0 aliphatic carbocycles. The molecule has 1 aromatic heterocycles. The highest BCUT2D eigenvalue weighted by Gasteiger charge is 2.45. The Bertz CT molecular complexity index is 1900. The van der Waals surface area contributed by atoms with E-state index in [-0.39, 0.29) is 5.57 Å². The number of aromatic nitrogens is 2. The third-order valence-corrected chi connectivity index (χ3v) is 9.85. The molecule has 1 N–H and O–H groups in total. The van der Waals surface area contributed by atoms with E-state index in [2.05, 4.69) is 41.4 Å². The highest BCUT2D eigenvalue weighted by atomic mass is 32.2. The number of aliphatic hydroxyl groups is 1. The molecule has 0 saturated heterocycles. The summed E-state index contributed by atoms with van der Waals surface area (Å²) in [5, 5.41) is 22.5. The van der Waals surface area contributed by atoms with Crippen LogP contribution in [0.2, 0.25) is 0 Å². The second-order valence-electron chi connectivity index (χ2n) is 10.9. The van der Waals surface area contributed by atoms with Crippen LogP contribution in [-0.4, -0.2) is 33.6 Å². The number of fused-ring (bicyclic) bond motifs is 1. The summed E-state index contributed by atoms with van der Waals surface area (Å²) in [5.41, 5.74) is 2.64. The number of allylic oxidation sites excluding steroid dienone is 1. The molecule has 0 bridgehead atoms. The predicted molar refractivity (Wildman–Crippen MR) is 185 cm³/mol. The van der Waals surface area contributed by atoms with E-state index in [9.17, 15) is 14.7 Å². The molecule has 5 aromatic rings. The lowest BCUT2D eigenvalue weighted by Gasteiger charge is -2.24. The van der Waals surface area contributed by atoms with E-state index in [1.807, 2.05) is 72.8 Å². The highest BCUT2D eigenvalue weighted by molar-refractivity contribution is 8.00. The Morgan fingerprint density at radius 3 is 2.52 bits per heavy atom. The normalized spacial score (nSPS) is 14.9. The molecule has 1 aliphatic heterocycles. The zero-order valence-electron chi connectivity index (χ0n) is 25.3. The molecule has 1 aliphatic rings. The molecule has 9 heteroatoms.